The highest BCUT2D eigenvalue weighted by atomic mass is 32.2. The lowest BCUT2D eigenvalue weighted by atomic mass is 9.95. The van der Waals surface area contributed by atoms with E-state index in [0.717, 1.165) is 41.3 Å². The van der Waals surface area contributed by atoms with Crippen LogP contribution in [0.5, 0.6) is 5.75 Å². The predicted molar refractivity (Wildman–Crippen MR) is 162 cm³/mol. The Morgan fingerprint density at radius 3 is 2.45 bits per heavy atom. The average molecular weight is 589 g/mol. The van der Waals surface area contributed by atoms with Crippen LogP contribution in [0.15, 0.2) is 47.5 Å². The van der Waals surface area contributed by atoms with Crippen LogP contribution < -0.4 is 15.4 Å². The van der Waals surface area contributed by atoms with Crippen LogP contribution in [0.3, 0.4) is 0 Å². The maximum absolute atomic E-state index is 12.4. The summed E-state index contributed by atoms with van der Waals surface area (Å²) in [5.74, 6) is 0.644. The number of hydrogen-bond donors (Lipinski definition) is 2. The van der Waals surface area contributed by atoms with Crippen molar-refractivity contribution in [3.63, 3.8) is 0 Å². The molecule has 0 bridgehead atoms. The van der Waals surface area contributed by atoms with Gasteiger partial charge in [0, 0.05) is 49.5 Å². The molecule has 0 spiro atoms. The minimum absolute atomic E-state index is 0.0191. The maximum atomic E-state index is 12.4. The van der Waals surface area contributed by atoms with Crippen LogP contribution in [0.25, 0.3) is 11.8 Å². The van der Waals surface area contributed by atoms with Gasteiger partial charge in [-0.1, -0.05) is 43.6 Å². The van der Waals surface area contributed by atoms with Crippen LogP contribution in [0.4, 0.5) is 5.13 Å². The van der Waals surface area contributed by atoms with E-state index in [-0.39, 0.29) is 17.6 Å². The van der Waals surface area contributed by atoms with Gasteiger partial charge in [0.25, 0.3) is 0 Å². The number of hydrogen-bond acceptors (Lipinski definition) is 9. The molecule has 1 unspecified atom stereocenters. The predicted octanol–water partition coefficient (Wildman–Crippen LogP) is 4.66. The molecular formula is C29H40N4O5S2. The molecule has 1 aromatic carbocycles. The second-order valence-electron chi connectivity index (χ2n) is 10.1. The summed E-state index contributed by atoms with van der Waals surface area (Å²) in [4.78, 5) is 20.4. The van der Waals surface area contributed by atoms with Gasteiger partial charge in [0.15, 0.2) is 15.0 Å². The summed E-state index contributed by atoms with van der Waals surface area (Å²) in [5, 5.41) is 11.0. The van der Waals surface area contributed by atoms with Crippen molar-refractivity contribution >= 4 is 44.0 Å². The lowest BCUT2D eigenvalue weighted by Gasteiger charge is -2.28. The normalized spacial score (nSPS) is 18.1. The highest BCUT2D eigenvalue weighted by Gasteiger charge is 2.35. The van der Waals surface area contributed by atoms with Crippen LogP contribution >= 0.6 is 11.3 Å². The Kier molecular flexibility index (Phi) is 10.4. The Bertz CT molecular complexity index is 1380. The number of anilines is 1. The van der Waals surface area contributed by atoms with Gasteiger partial charge >= 0.3 is 0 Å². The first-order chi connectivity index (χ1) is 18.9. The third-order valence-electron chi connectivity index (χ3n) is 7.04. The van der Waals surface area contributed by atoms with Crippen LogP contribution in [-0.2, 0) is 21.1 Å². The molecule has 11 heteroatoms. The van der Waals surface area contributed by atoms with E-state index in [0.29, 0.717) is 28.6 Å². The number of carbonyl (C=O) groups is 1. The topological polar surface area (TPSA) is 126 Å². The van der Waals surface area contributed by atoms with Gasteiger partial charge < -0.3 is 25.4 Å². The Hall–Kier alpha value is -3.31. The minimum atomic E-state index is -3.08. The van der Waals surface area contributed by atoms with Gasteiger partial charge in [-0.15, -0.1) is 0 Å². The number of aliphatic hydroxyl groups excluding tert-OH is 1. The summed E-state index contributed by atoms with van der Waals surface area (Å²) < 4.78 is 28.3. The number of likely N-dealkylation sites (tertiary alicyclic amines) is 1. The highest BCUT2D eigenvalue weighted by molar-refractivity contribution is 7.92. The fraction of sp³-hybridized carbons (Fsp3) is 0.448. The zero-order chi connectivity index (χ0) is 29.6. The smallest absolute Gasteiger partial charge is 0.226 e. The molecule has 1 amide bonds. The Morgan fingerprint density at radius 1 is 1.30 bits per heavy atom. The molecule has 9 nitrogen and oxygen atoms in total. The first-order valence-corrected chi connectivity index (χ1v) is 16.0. The van der Waals surface area contributed by atoms with Gasteiger partial charge in [-0.25, -0.2) is 13.4 Å². The molecule has 0 saturated carbocycles. The summed E-state index contributed by atoms with van der Waals surface area (Å²) in [6.07, 6.45) is 10.1. The van der Waals surface area contributed by atoms with Gasteiger partial charge in [-0.05, 0) is 49.4 Å². The number of methoxy groups -OCH3 is 1. The highest BCUT2D eigenvalue weighted by Crippen LogP contribution is 2.32. The zero-order valence-corrected chi connectivity index (χ0v) is 25.4. The minimum Gasteiger partial charge on any atom is -0.511 e. The molecule has 2 fully saturated rings. The molecule has 218 valence electrons. The second kappa shape index (κ2) is 13.4. The number of carbonyl (C=O) groups excluding carboxylic acids is 1. The number of allylic oxidation sites excluding steroid dienone is 1. The van der Waals surface area contributed by atoms with E-state index < -0.39 is 15.9 Å². The third kappa shape index (κ3) is 7.45. The molecule has 2 aliphatic rings. The largest absolute Gasteiger partial charge is 0.511 e. The maximum Gasteiger partial charge on any atom is 0.226 e. The summed E-state index contributed by atoms with van der Waals surface area (Å²) in [6.45, 7) is 14.0. The third-order valence-corrected chi connectivity index (χ3v) is 9.89. The number of rotatable bonds is 9. The van der Waals surface area contributed by atoms with Crippen molar-refractivity contribution in [1.82, 2.24) is 9.88 Å². The van der Waals surface area contributed by atoms with E-state index in [1.807, 2.05) is 38.1 Å². The summed E-state index contributed by atoms with van der Waals surface area (Å²) in [7, 11) is -1.50. The number of benzene rings is 1. The SMILES string of the molecule is C=C(N)c1cc(OC)c(CC(C(=C)O)N2CC[C@H](C)C2=O)cc1/C=C\C.CS(=O)(=O)c1cnc(N2CCCC2)s1. The summed E-state index contributed by atoms with van der Waals surface area (Å²) >= 11 is 1.26. The molecule has 0 radical (unpaired) electrons. The van der Waals surface area contributed by atoms with Gasteiger partial charge in [-0.3, -0.25) is 4.79 Å². The van der Waals surface area contributed by atoms with Crippen molar-refractivity contribution < 1.29 is 23.1 Å². The van der Waals surface area contributed by atoms with Gasteiger partial charge in [0.05, 0.1) is 19.3 Å². The molecule has 2 atom stereocenters. The first-order valence-electron chi connectivity index (χ1n) is 13.2. The molecule has 4 rings (SSSR count). The van der Waals surface area contributed by atoms with Crippen LogP contribution in [0.1, 0.15) is 49.8 Å². The van der Waals surface area contributed by atoms with E-state index >= 15 is 0 Å². The molecule has 2 aliphatic heterocycles. The van der Waals surface area contributed by atoms with Crippen molar-refractivity contribution in [3.05, 3.63) is 60.0 Å². The van der Waals surface area contributed by atoms with E-state index in [4.69, 9.17) is 10.5 Å². The quantitative estimate of drug-likeness (QED) is 0.405. The molecule has 2 saturated heterocycles. The van der Waals surface area contributed by atoms with E-state index in [1.54, 1.807) is 12.0 Å². The number of amides is 1. The number of thiazole rings is 1. The zero-order valence-electron chi connectivity index (χ0n) is 23.7. The first kappa shape index (κ1) is 31.2. The fourth-order valence-corrected chi connectivity index (χ4v) is 6.62. The molecule has 3 heterocycles. The molecule has 3 N–H and O–H groups in total. The van der Waals surface area contributed by atoms with Crippen LogP contribution in [0.2, 0.25) is 0 Å². The molecule has 40 heavy (non-hydrogen) atoms. The summed E-state index contributed by atoms with van der Waals surface area (Å²) in [6, 6.07) is 3.33. The number of sulfone groups is 1. The van der Waals surface area contributed by atoms with E-state index in [2.05, 4.69) is 23.0 Å². The lowest BCUT2D eigenvalue weighted by Crippen LogP contribution is -2.40. The Balaban J connectivity index is 0.000000263. The van der Waals surface area contributed by atoms with E-state index in [1.165, 1.54) is 36.6 Å². The number of aromatic nitrogens is 1. The van der Waals surface area contributed by atoms with Crippen molar-refractivity contribution in [2.24, 2.45) is 11.7 Å². The molecular weight excluding hydrogens is 548 g/mol. The van der Waals surface area contributed by atoms with Crippen LogP contribution in [0, 0.1) is 5.92 Å². The Morgan fingerprint density at radius 2 is 1.98 bits per heavy atom. The summed E-state index contributed by atoms with van der Waals surface area (Å²) in [5.41, 5.74) is 8.95. The average Bonchev–Trinajstić information content (AvgIpc) is 3.65. The fourth-order valence-electron chi connectivity index (χ4n) is 4.84. The number of ether oxygens (including phenoxy) is 1. The van der Waals surface area contributed by atoms with Crippen LogP contribution in [-0.4, -0.2) is 68.4 Å². The van der Waals surface area contributed by atoms with Gasteiger partial charge in [0.1, 0.15) is 15.7 Å². The standard InChI is InChI=1S/C21H28N2O3.C8H12N2O2S2/c1-6-7-16-10-17(20(26-5)12-18(16)14(3)22)11-19(15(4)24)23-9-8-13(2)21(23)25;1-14(11,12)7-6-9-8(13-7)10-4-2-3-5-10/h6-7,10,12-13,19,24H,3-4,8-9,11,22H2,1-2,5H3;6H,2-5H2,1H3/b7-6-;/t13-,19?;/m0./s1. The second-order valence-corrected chi connectivity index (χ2v) is 13.4. The Labute approximate surface area is 241 Å². The van der Waals surface area contributed by atoms with Crippen molar-refractivity contribution in [2.75, 3.05) is 37.9 Å². The molecule has 2 aromatic rings. The lowest BCUT2D eigenvalue weighted by molar-refractivity contribution is -0.132. The van der Waals surface area contributed by atoms with Crippen molar-refractivity contribution in [3.8, 4) is 5.75 Å². The molecule has 0 aliphatic carbocycles. The van der Waals surface area contributed by atoms with Gasteiger partial charge in [0.2, 0.25) is 5.91 Å². The van der Waals surface area contributed by atoms with Crippen molar-refractivity contribution in [2.45, 2.75) is 49.8 Å². The number of nitrogens with two attached hydrogens (primary N) is 1. The molecule has 1 aromatic heterocycles. The van der Waals surface area contributed by atoms with Gasteiger partial charge in [-0.2, -0.15) is 0 Å². The monoisotopic (exact) mass is 588 g/mol. The van der Waals surface area contributed by atoms with E-state index in [9.17, 15) is 18.3 Å². The number of nitrogens with zero attached hydrogens (tertiary/aromatic N) is 3. The van der Waals surface area contributed by atoms with Crippen molar-refractivity contribution in [1.29, 1.82) is 0 Å². The number of aliphatic hydroxyl groups is 1.